The van der Waals surface area contributed by atoms with Crippen LogP contribution in [0.4, 0.5) is 0 Å². The van der Waals surface area contributed by atoms with E-state index in [0.29, 0.717) is 29.0 Å². The monoisotopic (exact) mass is 556 g/mol. The van der Waals surface area contributed by atoms with E-state index in [4.69, 9.17) is 0 Å². The van der Waals surface area contributed by atoms with Crippen molar-refractivity contribution in [3.8, 4) is 18.6 Å². The minimum absolute atomic E-state index is 0.499. The first-order valence-corrected chi connectivity index (χ1v) is 15.4. The van der Waals surface area contributed by atoms with Crippen molar-refractivity contribution in [1.82, 2.24) is 0 Å². The third-order valence-electron chi connectivity index (χ3n) is 5.28. The van der Waals surface area contributed by atoms with E-state index >= 15 is 0 Å². The van der Waals surface area contributed by atoms with E-state index in [0.717, 1.165) is 0 Å². The number of fused-ring (bicyclic) bond motifs is 5. The Bertz CT molecular complexity index is 1520. The fraction of sp³-hybridized carbons (Fsp3) is 0. The number of rotatable bonds is 2. The SMILES string of the molecule is c1c[se]c(-c2cc3cc4c(cc3s2)sc2cc3sc(-c5ccc[se]5)cc3cc24)c1. The van der Waals surface area contributed by atoms with Gasteiger partial charge in [0, 0.05) is 0 Å². The Morgan fingerprint density at radius 3 is 1.48 bits per heavy atom. The molecule has 0 saturated carbocycles. The first-order chi connectivity index (χ1) is 14.3. The molecular weight excluding hydrogens is 542 g/mol. The van der Waals surface area contributed by atoms with Crippen molar-refractivity contribution in [2.24, 2.45) is 0 Å². The summed E-state index contributed by atoms with van der Waals surface area (Å²) in [7, 11) is 0. The van der Waals surface area contributed by atoms with Crippen LogP contribution in [0, 0.1) is 0 Å². The van der Waals surface area contributed by atoms with Gasteiger partial charge in [-0.2, -0.15) is 0 Å². The van der Waals surface area contributed by atoms with Crippen LogP contribution >= 0.6 is 34.0 Å². The van der Waals surface area contributed by atoms with E-state index in [2.05, 4.69) is 70.5 Å². The summed E-state index contributed by atoms with van der Waals surface area (Å²) in [5, 5.41) is 5.59. The van der Waals surface area contributed by atoms with Gasteiger partial charge in [0.25, 0.3) is 0 Å². The molecule has 138 valence electrons. The summed E-state index contributed by atoms with van der Waals surface area (Å²) in [4.78, 5) is 7.49. The van der Waals surface area contributed by atoms with Crippen LogP contribution in [0.2, 0.25) is 0 Å². The molecule has 0 saturated heterocycles. The molecule has 0 amide bonds. The summed E-state index contributed by atoms with van der Waals surface area (Å²) in [6, 6.07) is 23.4. The molecule has 0 fully saturated rings. The van der Waals surface area contributed by atoms with Gasteiger partial charge in [0.15, 0.2) is 0 Å². The molecule has 0 bridgehead atoms. The van der Waals surface area contributed by atoms with Gasteiger partial charge in [0.2, 0.25) is 0 Å². The Labute approximate surface area is 191 Å². The van der Waals surface area contributed by atoms with Crippen molar-refractivity contribution in [2.45, 2.75) is 0 Å². The summed E-state index contributed by atoms with van der Waals surface area (Å²) in [6.07, 6.45) is 0. The molecule has 0 spiro atoms. The molecule has 0 nitrogen and oxygen atoms in total. The molecule has 0 aliphatic rings. The zero-order valence-electron chi connectivity index (χ0n) is 15.0. The second kappa shape index (κ2) is 6.54. The van der Waals surface area contributed by atoms with E-state index in [1.165, 1.54) is 59.0 Å². The predicted molar refractivity (Wildman–Crippen MR) is 135 cm³/mol. The van der Waals surface area contributed by atoms with Crippen LogP contribution in [-0.4, -0.2) is 29.0 Å². The van der Waals surface area contributed by atoms with Crippen LogP contribution in [0.1, 0.15) is 0 Å². The molecule has 0 aliphatic carbocycles. The first kappa shape index (κ1) is 17.3. The third-order valence-corrected chi connectivity index (χ3v) is 13.0. The second-order valence-corrected chi connectivity index (χ2v) is 14.3. The Balaban J connectivity index is 1.46. The Morgan fingerprint density at radius 1 is 0.517 bits per heavy atom. The molecule has 0 N–H and O–H groups in total. The van der Waals surface area contributed by atoms with Gasteiger partial charge in [-0.15, -0.1) is 0 Å². The van der Waals surface area contributed by atoms with E-state index in [9.17, 15) is 0 Å². The molecule has 0 atom stereocenters. The molecule has 5 aromatic heterocycles. The van der Waals surface area contributed by atoms with Gasteiger partial charge >= 0.3 is 193 Å². The van der Waals surface area contributed by atoms with Crippen LogP contribution in [0.5, 0.6) is 0 Å². The van der Waals surface area contributed by atoms with Gasteiger partial charge in [0.05, 0.1) is 0 Å². The van der Waals surface area contributed by atoms with Crippen molar-refractivity contribution >= 4 is 103 Å². The van der Waals surface area contributed by atoms with Crippen molar-refractivity contribution < 1.29 is 0 Å². The Hall–Kier alpha value is -1.42. The number of hydrogen-bond acceptors (Lipinski definition) is 3. The molecule has 29 heavy (non-hydrogen) atoms. The standard InChI is InChI=1S/C24H12S3Se2/c1-3-23(28-5-1)21-9-13-7-15-16-8-14-10-22(24-4-2-6-29-24)26-18(14)12-20(16)27-19(15)11-17(13)25-21/h1-12H. The van der Waals surface area contributed by atoms with Gasteiger partial charge in [0.1, 0.15) is 0 Å². The fourth-order valence-corrected chi connectivity index (χ4v) is 10.9. The average molecular weight is 554 g/mol. The maximum atomic E-state index is 2.42. The van der Waals surface area contributed by atoms with E-state index in [1.807, 2.05) is 34.0 Å². The van der Waals surface area contributed by atoms with Crippen molar-refractivity contribution in [2.75, 3.05) is 0 Å². The number of benzene rings is 2. The van der Waals surface area contributed by atoms with Crippen LogP contribution in [-0.2, 0) is 0 Å². The van der Waals surface area contributed by atoms with Gasteiger partial charge in [-0.1, -0.05) is 0 Å². The summed E-state index contributed by atoms with van der Waals surface area (Å²) in [5.74, 6) is 0. The molecule has 2 aromatic carbocycles. The quantitative estimate of drug-likeness (QED) is 0.191. The normalized spacial score (nSPS) is 12.1. The average Bonchev–Trinajstić information content (AvgIpc) is 3.54. The summed E-state index contributed by atoms with van der Waals surface area (Å²) in [6.45, 7) is 0. The third kappa shape index (κ3) is 2.74. The van der Waals surface area contributed by atoms with Gasteiger partial charge in [-0.3, -0.25) is 0 Å². The number of thiophene rings is 3. The fourth-order valence-electron chi connectivity index (χ4n) is 3.93. The van der Waals surface area contributed by atoms with Crippen LogP contribution in [0.15, 0.2) is 70.5 Å². The van der Waals surface area contributed by atoms with Crippen molar-refractivity contribution in [3.63, 3.8) is 0 Å². The van der Waals surface area contributed by atoms with Crippen LogP contribution in [0.25, 0.3) is 59.0 Å². The van der Waals surface area contributed by atoms with Crippen molar-refractivity contribution in [1.29, 1.82) is 0 Å². The van der Waals surface area contributed by atoms with Crippen LogP contribution in [0.3, 0.4) is 0 Å². The van der Waals surface area contributed by atoms with E-state index < -0.39 is 0 Å². The molecule has 7 rings (SSSR count). The number of hydrogen-bond donors (Lipinski definition) is 0. The first-order valence-electron chi connectivity index (χ1n) is 9.23. The van der Waals surface area contributed by atoms with Gasteiger partial charge < -0.3 is 0 Å². The summed E-state index contributed by atoms with van der Waals surface area (Å²) < 4.78 is 8.67. The van der Waals surface area contributed by atoms with Gasteiger partial charge in [-0.25, -0.2) is 0 Å². The molecule has 0 aliphatic heterocycles. The molecular formula is C24H12S3Se2. The van der Waals surface area contributed by atoms with Gasteiger partial charge in [-0.05, 0) is 0 Å². The van der Waals surface area contributed by atoms with Crippen molar-refractivity contribution in [3.05, 3.63) is 70.5 Å². The predicted octanol–water partition coefficient (Wildman–Crippen LogP) is 7.93. The zero-order valence-corrected chi connectivity index (χ0v) is 20.8. The topological polar surface area (TPSA) is 0 Å². The second-order valence-electron chi connectivity index (χ2n) is 7.05. The molecule has 7 aromatic rings. The van der Waals surface area contributed by atoms with Crippen LogP contribution < -0.4 is 0 Å². The molecule has 5 heteroatoms. The summed E-state index contributed by atoms with van der Waals surface area (Å²) in [5.41, 5.74) is 0. The maximum absolute atomic E-state index is 2.42. The Morgan fingerprint density at radius 2 is 1.03 bits per heavy atom. The zero-order chi connectivity index (χ0) is 18.9. The summed E-state index contributed by atoms with van der Waals surface area (Å²) >= 11 is 6.83. The minimum atomic E-state index is 0.499. The van der Waals surface area contributed by atoms with E-state index in [1.54, 1.807) is 0 Å². The van der Waals surface area contributed by atoms with E-state index in [-0.39, 0.29) is 0 Å². The Kier molecular flexibility index (Phi) is 3.89. The molecule has 0 unspecified atom stereocenters. The molecule has 5 heterocycles. The molecule has 0 radical (unpaired) electrons.